The summed E-state index contributed by atoms with van der Waals surface area (Å²) in [5, 5.41) is 4.69. The Labute approximate surface area is 140 Å². The molecule has 0 amide bonds. The minimum absolute atomic E-state index is 0.219. The number of hydrogen-bond acceptors (Lipinski definition) is 3. The van der Waals surface area contributed by atoms with Crippen molar-refractivity contribution in [2.45, 2.75) is 13.8 Å². The highest BCUT2D eigenvalue weighted by Gasteiger charge is 2.18. The van der Waals surface area contributed by atoms with E-state index in [0.717, 1.165) is 27.6 Å². The first kappa shape index (κ1) is 15.7. The number of oxime groups is 1. The van der Waals surface area contributed by atoms with Gasteiger partial charge >= 0.3 is 0 Å². The predicted octanol–water partition coefficient (Wildman–Crippen LogP) is 4.50. The van der Waals surface area contributed by atoms with Gasteiger partial charge in [0.25, 0.3) is 5.56 Å². The largest absolute Gasteiger partial charge is 0.357 e. The van der Waals surface area contributed by atoms with Crippen LogP contribution < -0.4 is 5.56 Å². The van der Waals surface area contributed by atoms with Gasteiger partial charge in [-0.2, -0.15) is 0 Å². The molecule has 4 heteroatoms. The van der Waals surface area contributed by atoms with Gasteiger partial charge < -0.3 is 9.82 Å². The van der Waals surface area contributed by atoms with Gasteiger partial charge in [-0.05, 0) is 31.5 Å². The monoisotopic (exact) mass is 318 g/mol. The average Bonchev–Trinajstić information content (AvgIpc) is 2.59. The minimum atomic E-state index is -0.249. The van der Waals surface area contributed by atoms with E-state index in [4.69, 9.17) is 4.84 Å². The zero-order valence-corrected chi connectivity index (χ0v) is 13.7. The predicted molar refractivity (Wildman–Crippen MR) is 99.0 cm³/mol. The van der Waals surface area contributed by atoms with Crippen LogP contribution in [0.5, 0.6) is 0 Å². The third-order valence-electron chi connectivity index (χ3n) is 3.78. The van der Waals surface area contributed by atoms with E-state index in [1.54, 1.807) is 6.92 Å². The molecule has 4 nitrogen and oxygen atoms in total. The molecule has 3 aromatic rings. The maximum Gasteiger partial charge on any atom is 0.260 e. The van der Waals surface area contributed by atoms with Gasteiger partial charge in [0.1, 0.15) is 0 Å². The number of H-pyrrole nitrogens is 1. The van der Waals surface area contributed by atoms with E-state index in [2.05, 4.69) is 16.7 Å². The Morgan fingerprint density at radius 1 is 1.21 bits per heavy atom. The van der Waals surface area contributed by atoms with Gasteiger partial charge in [0.2, 0.25) is 0 Å². The number of nitrogens with zero attached hydrogens (tertiary/aromatic N) is 1. The van der Waals surface area contributed by atoms with Crippen LogP contribution in [-0.2, 0) is 4.84 Å². The Bertz CT molecular complexity index is 986. The van der Waals surface area contributed by atoms with E-state index >= 15 is 0 Å². The first-order chi connectivity index (χ1) is 11.6. The molecule has 1 aromatic heterocycles. The van der Waals surface area contributed by atoms with Crippen LogP contribution in [0.2, 0.25) is 0 Å². The zero-order valence-electron chi connectivity index (χ0n) is 13.7. The molecule has 2 aromatic carbocycles. The lowest BCUT2D eigenvalue weighted by Gasteiger charge is -2.14. The summed E-state index contributed by atoms with van der Waals surface area (Å²) in [4.78, 5) is 20.8. The van der Waals surface area contributed by atoms with Gasteiger partial charge in [-0.15, -0.1) is 0 Å². The summed E-state index contributed by atoms with van der Waals surface area (Å²) in [6, 6.07) is 15.7. The molecule has 0 aliphatic rings. The van der Waals surface area contributed by atoms with Crippen LogP contribution in [0.1, 0.15) is 18.1 Å². The van der Waals surface area contributed by atoms with E-state index in [0.29, 0.717) is 5.56 Å². The first-order valence-corrected chi connectivity index (χ1v) is 7.68. The van der Waals surface area contributed by atoms with Crippen molar-refractivity contribution in [3.05, 3.63) is 76.6 Å². The number of benzene rings is 2. The number of pyridine rings is 1. The van der Waals surface area contributed by atoms with Gasteiger partial charge in [-0.3, -0.25) is 4.79 Å². The lowest BCUT2D eigenvalue weighted by atomic mass is 9.94. The van der Waals surface area contributed by atoms with Crippen molar-refractivity contribution in [3.63, 3.8) is 0 Å². The Balaban J connectivity index is 2.39. The van der Waals surface area contributed by atoms with E-state index < -0.39 is 0 Å². The standard InChI is InChI=1S/C20H18N2O2/c1-4-21-24-14(3)18-19(15-8-6-5-7-9-15)16-12-13(2)10-11-17(16)22-20(18)23/h4-12H,3H2,1-2H3,(H,22,23)/b21-4+. The number of nitrogens with one attached hydrogen (secondary N) is 1. The lowest BCUT2D eigenvalue weighted by molar-refractivity contribution is 0.301. The fraction of sp³-hybridized carbons (Fsp3) is 0.100. The molecule has 1 N–H and O–H groups in total. The SMILES string of the molecule is C=C(O/N=C/C)c1c(-c2ccccc2)c2cc(C)ccc2[nH]c1=O. The fourth-order valence-electron chi connectivity index (χ4n) is 2.74. The Morgan fingerprint density at radius 3 is 2.67 bits per heavy atom. The highest BCUT2D eigenvalue weighted by molar-refractivity contribution is 5.99. The first-order valence-electron chi connectivity index (χ1n) is 7.68. The summed E-state index contributed by atoms with van der Waals surface area (Å²) in [5.74, 6) is 0.219. The van der Waals surface area contributed by atoms with Crippen molar-refractivity contribution in [2.24, 2.45) is 5.16 Å². The van der Waals surface area contributed by atoms with Gasteiger partial charge in [0.15, 0.2) is 5.76 Å². The molecule has 0 spiro atoms. The smallest absolute Gasteiger partial charge is 0.260 e. The average molecular weight is 318 g/mol. The van der Waals surface area contributed by atoms with Crippen LogP contribution in [-0.4, -0.2) is 11.2 Å². The Morgan fingerprint density at radius 2 is 1.96 bits per heavy atom. The Hall–Kier alpha value is -3.14. The number of aromatic amines is 1. The summed E-state index contributed by atoms with van der Waals surface area (Å²) in [6.07, 6.45) is 1.51. The Kier molecular flexibility index (Phi) is 4.29. The van der Waals surface area contributed by atoms with Crippen molar-refractivity contribution in [2.75, 3.05) is 0 Å². The molecular weight excluding hydrogens is 300 g/mol. The van der Waals surface area contributed by atoms with Crippen molar-refractivity contribution in [1.29, 1.82) is 0 Å². The molecule has 0 atom stereocenters. The van der Waals surface area contributed by atoms with Crippen LogP contribution in [0, 0.1) is 6.92 Å². The third-order valence-corrected chi connectivity index (χ3v) is 3.78. The second-order valence-corrected chi connectivity index (χ2v) is 5.50. The summed E-state index contributed by atoms with van der Waals surface area (Å²) in [5.41, 5.74) is 3.76. The summed E-state index contributed by atoms with van der Waals surface area (Å²) in [7, 11) is 0. The molecule has 24 heavy (non-hydrogen) atoms. The molecular formula is C20H18N2O2. The summed E-state index contributed by atoms with van der Waals surface area (Å²) < 4.78 is 0. The molecule has 3 rings (SSSR count). The van der Waals surface area contributed by atoms with E-state index in [1.807, 2.05) is 55.5 Å². The lowest BCUT2D eigenvalue weighted by Crippen LogP contribution is -2.14. The second-order valence-electron chi connectivity index (χ2n) is 5.50. The minimum Gasteiger partial charge on any atom is -0.357 e. The van der Waals surface area contributed by atoms with Crippen LogP contribution >= 0.6 is 0 Å². The van der Waals surface area contributed by atoms with E-state index in [9.17, 15) is 4.79 Å². The van der Waals surface area contributed by atoms with E-state index in [1.165, 1.54) is 6.21 Å². The normalized spacial score (nSPS) is 11.1. The molecule has 0 aliphatic heterocycles. The molecule has 0 unspecified atom stereocenters. The quantitative estimate of drug-likeness (QED) is 0.437. The van der Waals surface area contributed by atoms with Crippen molar-refractivity contribution < 1.29 is 4.84 Å². The second kappa shape index (κ2) is 6.54. The fourth-order valence-corrected chi connectivity index (χ4v) is 2.74. The number of rotatable bonds is 4. The van der Waals surface area contributed by atoms with Gasteiger partial charge in [0, 0.05) is 22.7 Å². The third kappa shape index (κ3) is 2.86. The van der Waals surface area contributed by atoms with Crippen molar-refractivity contribution >= 4 is 22.9 Å². The molecule has 0 bridgehead atoms. The topological polar surface area (TPSA) is 54.4 Å². The van der Waals surface area contributed by atoms with Crippen LogP contribution in [0.3, 0.4) is 0 Å². The number of aryl methyl sites for hydroxylation is 1. The van der Waals surface area contributed by atoms with Gasteiger partial charge in [-0.25, -0.2) is 0 Å². The van der Waals surface area contributed by atoms with E-state index in [-0.39, 0.29) is 11.3 Å². The van der Waals surface area contributed by atoms with Crippen LogP contribution in [0.15, 0.2) is 65.1 Å². The number of fused-ring (bicyclic) bond motifs is 1. The molecule has 1 heterocycles. The van der Waals surface area contributed by atoms with Gasteiger partial charge in [0.05, 0.1) is 5.56 Å². The number of hydrogen-bond donors (Lipinski definition) is 1. The van der Waals surface area contributed by atoms with Crippen LogP contribution in [0.4, 0.5) is 0 Å². The molecule has 0 saturated carbocycles. The molecule has 0 aliphatic carbocycles. The maximum atomic E-state index is 12.7. The summed E-state index contributed by atoms with van der Waals surface area (Å²) in [6.45, 7) is 7.64. The highest BCUT2D eigenvalue weighted by atomic mass is 16.6. The molecule has 120 valence electrons. The summed E-state index contributed by atoms with van der Waals surface area (Å²) >= 11 is 0. The number of aromatic nitrogens is 1. The zero-order chi connectivity index (χ0) is 17.1. The molecule has 0 saturated heterocycles. The van der Waals surface area contributed by atoms with Gasteiger partial charge in [-0.1, -0.05) is 53.7 Å². The molecule has 0 radical (unpaired) electrons. The maximum absolute atomic E-state index is 12.7. The van der Waals surface area contributed by atoms with Crippen molar-refractivity contribution in [1.82, 2.24) is 4.98 Å². The highest BCUT2D eigenvalue weighted by Crippen LogP contribution is 2.33. The molecule has 0 fully saturated rings. The van der Waals surface area contributed by atoms with Crippen molar-refractivity contribution in [3.8, 4) is 11.1 Å². The van der Waals surface area contributed by atoms with Crippen LogP contribution in [0.25, 0.3) is 27.8 Å².